The Morgan fingerprint density at radius 3 is 2.76 bits per heavy atom. The Balaban J connectivity index is 2.15. The number of hydrogen-bond acceptors (Lipinski definition) is 5. The lowest BCUT2D eigenvalue weighted by molar-refractivity contribution is 0.397. The highest BCUT2D eigenvalue weighted by Gasteiger charge is 2.15. The van der Waals surface area contributed by atoms with Crippen LogP contribution in [0.2, 0.25) is 5.02 Å². The van der Waals surface area contributed by atoms with Crippen LogP contribution in [-0.4, -0.2) is 20.5 Å². The Morgan fingerprint density at radius 2 is 2.10 bits per heavy atom. The molecule has 0 bridgehead atoms. The van der Waals surface area contributed by atoms with Crippen molar-refractivity contribution in [1.82, 2.24) is 9.71 Å². The largest absolute Gasteiger partial charge is 0.481 e. The first-order valence-corrected chi connectivity index (χ1v) is 7.82. The van der Waals surface area contributed by atoms with Crippen molar-refractivity contribution in [3.05, 3.63) is 47.1 Å². The monoisotopic (exact) mass is 327 g/mol. The normalized spacial score (nSPS) is 11.3. The number of nitrogens with zero attached hydrogens (tertiary/aromatic N) is 1. The highest BCUT2D eigenvalue weighted by molar-refractivity contribution is 7.89. The van der Waals surface area contributed by atoms with Crippen LogP contribution >= 0.6 is 11.6 Å². The molecule has 0 aliphatic carbocycles. The quantitative estimate of drug-likeness (QED) is 0.817. The topological polar surface area (TPSA) is 94.3 Å². The molecule has 8 heteroatoms. The second kappa shape index (κ2) is 6.30. The van der Waals surface area contributed by atoms with Crippen LogP contribution in [0.1, 0.15) is 5.56 Å². The summed E-state index contributed by atoms with van der Waals surface area (Å²) in [5.41, 5.74) is 6.62. The summed E-state index contributed by atoms with van der Waals surface area (Å²) in [6.45, 7) is 0.114. The SMILES string of the molecule is COc1cc(CNS(=O)(=O)c2ccc(N)c(Cl)c2)ccn1. The van der Waals surface area contributed by atoms with Gasteiger partial charge in [0.05, 0.1) is 22.7 Å². The number of nitrogen functional groups attached to an aromatic ring is 1. The zero-order chi connectivity index (χ0) is 15.5. The lowest BCUT2D eigenvalue weighted by Crippen LogP contribution is -2.23. The molecule has 0 unspecified atom stereocenters. The van der Waals surface area contributed by atoms with Crippen LogP contribution in [0.3, 0.4) is 0 Å². The summed E-state index contributed by atoms with van der Waals surface area (Å²) < 4.78 is 31.8. The molecule has 0 spiro atoms. The van der Waals surface area contributed by atoms with Crippen molar-refractivity contribution >= 4 is 27.3 Å². The molecule has 0 saturated carbocycles. The Bertz CT molecular complexity index is 750. The molecule has 0 fully saturated rings. The predicted molar refractivity (Wildman–Crippen MR) is 80.7 cm³/mol. The van der Waals surface area contributed by atoms with Gasteiger partial charge < -0.3 is 10.5 Å². The van der Waals surface area contributed by atoms with E-state index in [0.29, 0.717) is 11.6 Å². The molecule has 6 nitrogen and oxygen atoms in total. The third-order valence-corrected chi connectivity index (χ3v) is 4.48. The number of methoxy groups -OCH3 is 1. The molecule has 0 amide bonds. The maximum absolute atomic E-state index is 12.2. The number of halogens is 1. The summed E-state index contributed by atoms with van der Waals surface area (Å²) in [5.74, 6) is 0.419. The molecule has 112 valence electrons. The van der Waals surface area contributed by atoms with Crippen LogP contribution in [0, 0.1) is 0 Å². The average Bonchev–Trinajstić information content (AvgIpc) is 2.48. The molecule has 1 aromatic heterocycles. The lowest BCUT2D eigenvalue weighted by atomic mass is 10.3. The van der Waals surface area contributed by atoms with Gasteiger partial charge in [-0.1, -0.05) is 11.6 Å². The van der Waals surface area contributed by atoms with Gasteiger partial charge in [0.2, 0.25) is 15.9 Å². The standard InChI is InChI=1S/C13H14ClN3O3S/c1-20-13-6-9(4-5-16-13)8-17-21(18,19)10-2-3-12(15)11(14)7-10/h2-7,17H,8,15H2,1H3. The maximum Gasteiger partial charge on any atom is 0.240 e. The smallest absolute Gasteiger partial charge is 0.240 e. The van der Waals surface area contributed by atoms with E-state index in [2.05, 4.69) is 9.71 Å². The third kappa shape index (κ3) is 3.84. The van der Waals surface area contributed by atoms with E-state index in [1.54, 1.807) is 18.3 Å². The number of anilines is 1. The number of nitrogens with two attached hydrogens (primary N) is 1. The van der Waals surface area contributed by atoms with Crippen LogP contribution < -0.4 is 15.2 Å². The van der Waals surface area contributed by atoms with Crippen molar-refractivity contribution in [3.63, 3.8) is 0 Å². The first-order valence-electron chi connectivity index (χ1n) is 5.96. The molecule has 1 aromatic carbocycles. The van der Waals surface area contributed by atoms with Crippen molar-refractivity contribution in [1.29, 1.82) is 0 Å². The molecular weight excluding hydrogens is 314 g/mol. The average molecular weight is 328 g/mol. The summed E-state index contributed by atoms with van der Waals surface area (Å²) in [5, 5.41) is 0.198. The minimum absolute atomic E-state index is 0.0581. The Labute approximate surface area is 128 Å². The molecule has 21 heavy (non-hydrogen) atoms. The van der Waals surface area contributed by atoms with Crippen molar-refractivity contribution < 1.29 is 13.2 Å². The second-order valence-electron chi connectivity index (χ2n) is 4.21. The van der Waals surface area contributed by atoms with Gasteiger partial charge >= 0.3 is 0 Å². The predicted octanol–water partition coefficient (Wildman–Crippen LogP) is 1.80. The minimum Gasteiger partial charge on any atom is -0.481 e. The number of nitrogens with one attached hydrogen (secondary N) is 1. The van der Waals surface area contributed by atoms with Gasteiger partial charge in [-0.3, -0.25) is 0 Å². The highest BCUT2D eigenvalue weighted by Crippen LogP contribution is 2.22. The number of pyridine rings is 1. The summed E-state index contributed by atoms with van der Waals surface area (Å²) in [6, 6.07) is 7.51. The molecule has 0 aliphatic heterocycles. The first-order chi connectivity index (χ1) is 9.92. The van der Waals surface area contributed by atoms with Gasteiger partial charge in [0.15, 0.2) is 0 Å². The van der Waals surface area contributed by atoms with Gasteiger partial charge in [-0.05, 0) is 29.8 Å². The van der Waals surface area contributed by atoms with E-state index in [1.807, 2.05) is 0 Å². The molecule has 0 atom stereocenters. The van der Waals surface area contributed by atoms with E-state index in [9.17, 15) is 8.42 Å². The van der Waals surface area contributed by atoms with E-state index in [-0.39, 0.29) is 16.5 Å². The molecule has 2 aromatic rings. The van der Waals surface area contributed by atoms with Crippen molar-refractivity contribution in [2.45, 2.75) is 11.4 Å². The molecule has 0 radical (unpaired) electrons. The van der Waals surface area contributed by atoms with Crippen LogP contribution in [0.5, 0.6) is 5.88 Å². The van der Waals surface area contributed by atoms with E-state index in [0.717, 1.165) is 5.56 Å². The van der Waals surface area contributed by atoms with E-state index >= 15 is 0 Å². The maximum atomic E-state index is 12.2. The number of rotatable bonds is 5. The summed E-state index contributed by atoms with van der Waals surface area (Å²) >= 11 is 5.83. The molecular formula is C13H14ClN3O3S. The number of hydrogen-bond donors (Lipinski definition) is 2. The summed E-state index contributed by atoms with van der Waals surface area (Å²) in [6.07, 6.45) is 1.54. The highest BCUT2D eigenvalue weighted by atomic mass is 35.5. The number of ether oxygens (including phenoxy) is 1. The van der Waals surface area contributed by atoms with Gasteiger partial charge in [0.1, 0.15) is 0 Å². The number of benzene rings is 1. The Hall–Kier alpha value is -1.83. The zero-order valence-electron chi connectivity index (χ0n) is 11.2. The van der Waals surface area contributed by atoms with Crippen LogP contribution in [0.15, 0.2) is 41.4 Å². The fourth-order valence-electron chi connectivity index (χ4n) is 1.61. The fourth-order valence-corrected chi connectivity index (χ4v) is 2.90. The molecule has 0 saturated heterocycles. The number of sulfonamides is 1. The fraction of sp³-hybridized carbons (Fsp3) is 0.154. The number of aromatic nitrogens is 1. The Kier molecular flexibility index (Phi) is 4.66. The Morgan fingerprint density at radius 1 is 1.33 bits per heavy atom. The van der Waals surface area contributed by atoms with Crippen molar-refractivity contribution in [2.24, 2.45) is 0 Å². The summed E-state index contributed by atoms with van der Waals surface area (Å²) in [7, 11) is -2.18. The second-order valence-corrected chi connectivity index (χ2v) is 6.39. The third-order valence-electron chi connectivity index (χ3n) is 2.76. The van der Waals surface area contributed by atoms with Crippen LogP contribution in [-0.2, 0) is 16.6 Å². The lowest BCUT2D eigenvalue weighted by Gasteiger charge is -2.08. The van der Waals surface area contributed by atoms with Crippen LogP contribution in [0.25, 0.3) is 0 Å². The van der Waals surface area contributed by atoms with Crippen LogP contribution in [0.4, 0.5) is 5.69 Å². The van der Waals surface area contributed by atoms with E-state index in [1.165, 1.54) is 25.3 Å². The first kappa shape index (κ1) is 15.6. The van der Waals surface area contributed by atoms with Gasteiger partial charge in [0.25, 0.3) is 0 Å². The molecule has 2 rings (SSSR count). The minimum atomic E-state index is -3.67. The van der Waals surface area contributed by atoms with Gasteiger partial charge in [0, 0.05) is 18.8 Å². The molecule has 0 aliphatic rings. The van der Waals surface area contributed by atoms with Gasteiger partial charge in [-0.15, -0.1) is 0 Å². The molecule has 1 heterocycles. The summed E-state index contributed by atoms with van der Waals surface area (Å²) in [4.78, 5) is 4.01. The molecule has 3 N–H and O–H groups in total. The van der Waals surface area contributed by atoms with Gasteiger partial charge in [-0.25, -0.2) is 18.1 Å². The zero-order valence-corrected chi connectivity index (χ0v) is 12.8. The van der Waals surface area contributed by atoms with Crippen molar-refractivity contribution in [2.75, 3.05) is 12.8 Å². The van der Waals surface area contributed by atoms with Gasteiger partial charge in [-0.2, -0.15) is 0 Å². The van der Waals surface area contributed by atoms with Crippen molar-refractivity contribution in [3.8, 4) is 5.88 Å². The van der Waals surface area contributed by atoms with E-state index < -0.39 is 10.0 Å². The van der Waals surface area contributed by atoms with E-state index in [4.69, 9.17) is 22.1 Å².